The Morgan fingerprint density at radius 1 is 0.854 bits per heavy atom. The van der Waals surface area contributed by atoms with Gasteiger partial charge in [-0.1, -0.05) is 92.6 Å². The van der Waals surface area contributed by atoms with E-state index in [9.17, 15) is 14.7 Å². The normalized spacial score (nSPS) is 15.6. The highest BCUT2D eigenvalue weighted by Gasteiger charge is 2.48. The van der Waals surface area contributed by atoms with Gasteiger partial charge in [-0.05, 0) is 67.3 Å². The number of benzene rings is 3. The van der Waals surface area contributed by atoms with Gasteiger partial charge in [0.2, 0.25) is 5.13 Å². The molecule has 11 heteroatoms. The van der Waals surface area contributed by atoms with E-state index in [0.29, 0.717) is 58.3 Å². The molecular weight excluding hydrogens is 647 g/mol. The van der Waals surface area contributed by atoms with Gasteiger partial charge in [-0.25, -0.2) is 0 Å². The van der Waals surface area contributed by atoms with Crippen molar-refractivity contribution >= 4 is 45.7 Å². The van der Waals surface area contributed by atoms with E-state index in [0.717, 1.165) is 37.7 Å². The van der Waals surface area contributed by atoms with E-state index < -0.39 is 17.7 Å². The van der Waals surface area contributed by atoms with Gasteiger partial charge in [0.25, 0.3) is 5.78 Å². The van der Waals surface area contributed by atoms with Crippen LogP contribution in [0.2, 0.25) is 0 Å². The number of Topliss-reactive ketones (excluding diaryl/α,β-unsaturated/α-hetero) is 1. The van der Waals surface area contributed by atoms with Crippen molar-refractivity contribution in [3.63, 3.8) is 0 Å². The predicted molar refractivity (Wildman–Crippen MR) is 190 cm³/mol. The zero-order valence-electron chi connectivity index (χ0n) is 27.5. The fourth-order valence-electron chi connectivity index (χ4n) is 5.24. The third-order valence-electron chi connectivity index (χ3n) is 7.73. The fraction of sp³-hybridized carbons (Fsp3) is 0.351. The molecule has 3 aromatic carbocycles. The van der Waals surface area contributed by atoms with Crippen LogP contribution < -0.4 is 19.1 Å². The third kappa shape index (κ3) is 8.38. The number of nitrogens with zero attached hydrogens (tertiary/aromatic N) is 3. The highest BCUT2D eigenvalue weighted by Crippen LogP contribution is 2.45. The zero-order valence-corrected chi connectivity index (χ0v) is 29.1. The number of ketones is 1. The van der Waals surface area contributed by atoms with Crippen molar-refractivity contribution < 1.29 is 28.9 Å². The molecular formula is C37H41N3O6S2. The molecule has 1 saturated heterocycles. The van der Waals surface area contributed by atoms with Crippen LogP contribution in [0.25, 0.3) is 5.76 Å². The molecule has 1 fully saturated rings. The Kier molecular flexibility index (Phi) is 12.5. The number of hydrogen-bond donors (Lipinski definition) is 1. The summed E-state index contributed by atoms with van der Waals surface area (Å²) < 4.78 is 18.4. The van der Waals surface area contributed by atoms with Crippen LogP contribution >= 0.6 is 23.1 Å². The second-order valence-electron chi connectivity index (χ2n) is 11.2. The van der Waals surface area contributed by atoms with Crippen LogP contribution in [0.4, 0.5) is 5.13 Å². The molecule has 9 nitrogen and oxygen atoms in total. The molecule has 1 aliphatic heterocycles. The first-order valence-electron chi connectivity index (χ1n) is 16.4. The number of rotatable bonds is 17. The molecule has 48 heavy (non-hydrogen) atoms. The Morgan fingerprint density at radius 2 is 1.60 bits per heavy atom. The van der Waals surface area contributed by atoms with E-state index in [-0.39, 0.29) is 16.5 Å². The van der Waals surface area contributed by atoms with Crippen molar-refractivity contribution in [1.29, 1.82) is 0 Å². The Morgan fingerprint density at radius 3 is 2.33 bits per heavy atom. The van der Waals surface area contributed by atoms with Crippen molar-refractivity contribution in [3.8, 4) is 17.2 Å². The number of anilines is 1. The van der Waals surface area contributed by atoms with Gasteiger partial charge in [0.1, 0.15) is 11.5 Å². The number of ether oxygens (including phenoxy) is 3. The van der Waals surface area contributed by atoms with Crippen molar-refractivity contribution in [2.75, 3.05) is 24.7 Å². The number of aliphatic hydroxyl groups is 1. The molecule has 2 heterocycles. The number of aliphatic hydroxyl groups excluding tert-OH is 1. The molecule has 5 rings (SSSR count). The SMILES string of the molecule is CCCCCOc1ccc(C2C(=C(O)c3ccc(OCCCC)cc3)C(=O)C(=O)N2c2nnc(SCc3ccccc3)s2)cc1OCC. The number of hydrogen-bond acceptors (Lipinski definition) is 10. The second-order valence-corrected chi connectivity index (χ2v) is 13.4. The van der Waals surface area contributed by atoms with Crippen molar-refractivity contribution in [3.05, 3.63) is 95.1 Å². The fourth-order valence-corrected chi connectivity index (χ4v) is 7.06. The summed E-state index contributed by atoms with van der Waals surface area (Å²) in [6, 6.07) is 21.2. The van der Waals surface area contributed by atoms with E-state index >= 15 is 0 Å². The predicted octanol–water partition coefficient (Wildman–Crippen LogP) is 8.60. The van der Waals surface area contributed by atoms with Gasteiger partial charge in [0.15, 0.2) is 15.8 Å². The van der Waals surface area contributed by atoms with Gasteiger partial charge in [-0.15, -0.1) is 10.2 Å². The third-order valence-corrected chi connectivity index (χ3v) is 9.86. The monoisotopic (exact) mass is 687 g/mol. The Bertz CT molecular complexity index is 1710. The first-order valence-corrected chi connectivity index (χ1v) is 18.2. The second kappa shape index (κ2) is 17.2. The first kappa shape index (κ1) is 35.0. The van der Waals surface area contributed by atoms with E-state index in [4.69, 9.17) is 14.2 Å². The summed E-state index contributed by atoms with van der Waals surface area (Å²) in [5, 5.41) is 20.6. The van der Waals surface area contributed by atoms with Gasteiger partial charge in [0.05, 0.1) is 31.4 Å². The van der Waals surface area contributed by atoms with Gasteiger partial charge in [0, 0.05) is 11.3 Å². The molecule has 0 spiro atoms. The number of unbranched alkanes of at least 4 members (excludes halogenated alkanes) is 3. The van der Waals surface area contributed by atoms with Crippen LogP contribution in [0.3, 0.4) is 0 Å². The van der Waals surface area contributed by atoms with Crippen molar-refractivity contribution in [1.82, 2.24) is 10.2 Å². The average molecular weight is 688 g/mol. The average Bonchev–Trinajstić information content (AvgIpc) is 3.68. The smallest absolute Gasteiger partial charge is 0.301 e. The molecule has 0 radical (unpaired) electrons. The maximum Gasteiger partial charge on any atom is 0.301 e. The number of aromatic nitrogens is 2. The lowest BCUT2D eigenvalue weighted by molar-refractivity contribution is -0.132. The highest BCUT2D eigenvalue weighted by molar-refractivity contribution is 8.00. The molecule has 4 aromatic rings. The van der Waals surface area contributed by atoms with Crippen LogP contribution in [0.1, 0.15) is 75.6 Å². The highest BCUT2D eigenvalue weighted by atomic mass is 32.2. The minimum absolute atomic E-state index is 0.0487. The number of carbonyl (C=O) groups excluding carboxylic acids is 2. The maximum atomic E-state index is 13.8. The summed E-state index contributed by atoms with van der Waals surface area (Å²) in [6.45, 7) is 7.62. The Balaban J connectivity index is 1.53. The molecule has 1 aromatic heterocycles. The number of amides is 1. The quantitative estimate of drug-likeness (QED) is 0.0291. The van der Waals surface area contributed by atoms with Crippen molar-refractivity contribution in [2.24, 2.45) is 0 Å². The first-order chi connectivity index (χ1) is 23.4. The zero-order chi connectivity index (χ0) is 33.9. The van der Waals surface area contributed by atoms with Crippen LogP contribution in [-0.4, -0.2) is 46.8 Å². The summed E-state index contributed by atoms with van der Waals surface area (Å²) in [4.78, 5) is 28.9. The molecule has 1 N–H and O–H groups in total. The van der Waals surface area contributed by atoms with Crippen LogP contribution in [-0.2, 0) is 15.3 Å². The molecule has 1 unspecified atom stereocenters. The van der Waals surface area contributed by atoms with E-state index in [2.05, 4.69) is 24.0 Å². The number of carbonyl (C=O) groups is 2. The Labute approximate surface area is 290 Å². The lowest BCUT2D eigenvalue weighted by Crippen LogP contribution is -2.29. The molecule has 1 atom stereocenters. The van der Waals surface area contributed by atoms with Gasteiger partial charge < -0.3 is 19.3 Å². The van der Waals surface area contributed by atoms with E-state index in [1.807, 2.05) is 37.3 Å². The summed E-state index contributed by atoms with van der Waals surface area (Å²) in [5.41, 5.74) is 2.03. The van der Waals surface area contributed by atoms with Crippen LogP contribution in [0.15, 0.2) is 82.7 Å². The van der Waals surface area contributed by atoms with Crippen LogP contribution in [0, 0.1) is 0 Å². The summed E-state index contributed by atoms with van der Waals surface area (Å²) >= 11 is 2.72. The summed E-state index contributed by atoms with van der Waals surface area (Å²) in [6.07, 6.45) is 4.98. The summed E-state index contributed by atoms with van der Waals surface area (Å²) in [5.74, 6) is 0.490. The van der Waals surface area contributed by atoms with E-state index in [1.54, 1.807) is 42.5 Å². The molecule has 0 aliphatic carbocycles. The summed E-state index contributed by atoms with van der Waals surface area (Å²) in [7, 11) is 0. The van der Waals surface area contributed by atoms with Gasteiger partial charge in [-0.3, -0.25) is 14.5 Å². The van der Waals surface area contributed by atoms with Gasteiger partial charge in [-0.2, -0.15) is 0 Å². The van der Waals surface area contributed by atoms with E-state index in [1.165, 1.54) is 28.0 Å². The minimum Gasteiger partial charge on any atom is -0.507 e. The molecule has 0 saturated carbocycles. The maximum absolute atomic E-state index is 13.8. The van der Waals surface area contributed by atoms with Crippen LogP contribution in [0.5, 0.6) is 17.2 Å². The molecule has 1 aliphatic rings. The molecule has 1 amide bonds. The minimum atomic E-state index is -0.987. The van der Waals surface area contributed by atoms with Crippen molar-refractivity contribution in [2.45, 2.75) is 69.0 Å². The van der Waals surface area contributed by atoms with Gasteiger partial charge >= 0.3 is 5.91 Å². The standard InChI is InChI=1S/C37H41N3O6S2/c1-4-7-12-22-46-29-20-17-27(23-30(29)44-6-3)32-31(33(41)26-15-18-28(19-16-26)45-21-8-5-2)34(42)35(43)40(32)36-38-39-37(48-36)47-24-25-13-10-9-11-14-25/h9-11,13-20,23,32,41H,4-8,12,21-22,24H2,1-3H3. The lowest BCUT2D eigenvalue weighted by atomic mass is 9.95. The molecule has 252 valence electrons. The topological polar surface area (TPSA) is 111 Å². The number of thioether (sulfide) groups is 1. The molecule has 0 bridgehead atoms. The largest absolute Gasteiger partial charge is 0.507 e. The lowest BCUT2D eigenvalue weighted by Gasteiger charge is -2.23. The Hall–Kier alpha value is -4.35.